The Balaban J connectivity index is 1.70. The maximum atomic E-state index is 11.6. The average molecular weight is 366 g/mol. The summed E-state index contributed by atoms with van der Waals surface area (Å²) in [5.74, 6) is 2.63. The van der Waals surface area contributed by atoms with E-state index in [9.17, 15) is 4.79 Å². The van der Waals surface area contributed by atoms with Crippen molar-refractivity contribution in [3.05, 3.63) is 0 Å². The second kappa shape index (κ2) is 11.4. The van der Waals surface area contributed by atoms with Crippen molar-refractivity contribution in [1.29, 1.82) is 0 Å². The largest absolute Gasteiger partial charge is 0.357 e. The fourth-order valence-electron chi connectivity index (χ4n) is 3.96. The lowest BCUT2D eigenvalue weighted by Gasteiger charge is -2.33. The predicted octanol–water partition coefficient (Wildman–Crippen LogP) is 1.92. The Bertz CT molecular complexity index is 451. The summed E-state index contributed by atoms with van der Waals surface area (Å²) in [7, 11) is 0. The first-order valence-electron chi connectivity index (χ1n) is 10.6. The molecule has 2 heterocycles. The lowest BCUT2D eigenvalue weighted by molar-refractivity contribution is -0.127. The Hall–Kier alpha value is -1.30. The fraction of sp³-hybridized carbons (Fsp3) is 0.900. The van der Waals surface area contributed by atoms with E-state index in [4.69, 9.17) is 4.99 Å². The van der Waals surface area contributed by atoms with Crippen molar-refractivity contribution in [2.24, 2.45) is 16.8 Å². The van der Waals surface area contributed by atoms with Gasteiger partial charge in [-0.05, 0) is 51.0 Å². The van der Waals surface area contributed by atoms with E-state index >= 15 is 0 Å². The van der Waals surface area contributed by atoms with Crippen LogP contribution < -0.4 is 10.6 Å². The van der Waals surface area contributed by atoms with Gasteiger partial charge in [-0.15, -0.1) is 0 Å². The van der Waals surface area contributed by atoms with Crippen LogP contribution in [-0.2, 0) is 4.79 Å². The first kappa shape index (κ1) is 21.0. The Kier molecular flexibility index (Phi) is 9.23. The molecule has 0 aromatic rings. The first-order valence-corrected chi connectivity index (χ1v) is 10.6. The number of aliphatic imine (C=N–C) groups is 1. The van der Waals surface area contributed by atoms with Crippen LogP contribution in [0, 0.1) is 11.8 Å². The van der Waals surface area contributed by atoms with E-state index in [0.717, 1.165) is 63.9 Å². The third kappa shape index (κ3) is 7.52. The molecule has 2 N–H and O–H groups in total. The van der Waals surface area contributed by atoms with Crippen LogP contribution >= 0.6 is 0 Å². The summed E-state index contributed by atoms with van der Waals surface area (Å²) in [6.45, 7) is 14.7. The molecule has 2 aliphatic heterocycles. The molecule has 0 aromatic heterocycles. The number of guanidine groups is 1. The number of nitrogens with one attached hydrogen (secondary N) is 2. The monoisotopic (exact) mass is 365 g/mol. The summed E-state index contributed by atoms with van der Waals surface area (Å²) >= 11 is 0. The molecule has 26 heavy (non-hydrogen) atoms. The van der Waals surface area contributed by atoms with E-state index in [1.807, 2.05) is 4.90 Å². The number of carbonyl (C=O) groups is 1. The Morgan fingerprint density at radius 2 is 2.12 bits per heavy atom. The van der Waals surface area contributed by atoms with Gasteiger partial charge in [-0.1, -0.05) is 13.8 Å². The van der Waals surface area contributed by atoms with Crippen LogP contribution in [0.25, 0.3) is 0 Å². The second-order valence-corrected chi connectivity index (χ2v) is 8.15. The smallest absolute Gasteiger partial charge is 0.222 e. The van der Waals surface area contributed by atoms with Crippen LogP contribution in [0.2, 0.25) is 0 Å². The lowest BCUT2D eigenvalue weighted by atomic mass is 9.97. The zero-order valence-electron chi connectivity index (χ0n) is 17.1. The Labute approximate surface area is 159 Å². The number of hydrogen-bond acceptors (Lipinski definition) is 3. The molecular formula is C20H39N5O. The van der Waals surface area contributed by atoms with Gasteiger partial charge in [0.1, 0.15) is 0 Å². The molecule has 0 radical (unpaired) electrons. The molecule has 2 saturated heterocycles. The highest BCUT2D eigenvalue weighted by atomic mass is 16.2. The van der Waals surface area contributed by atoms with Crippen molar-refractivity contribution in [3.8, 4) is 0 Å². The number of carbonyl (C=O) groups excluding carboxylic acids is 1. The van der Waals surface area contributed by atoms with E-state index in [0.29, 0.717) is 11.8 Å². The number of hydrogen-bond donors (Lipinski definition) is 2. The van der Waals surface area contributed by atoms with Gasteiger partial charge in [0.15, 0.2) is 5.96 Å². The van der Waals surface area contributed by atoms with Gasteiger partial charge >= 0.3 is 0 Å². The molecule has 0 spiro atoms. The minimum absolute atomic E-state index is 0.314. The van der Waals surface area contributed by atoms with Crippen LogP contribution in [0.15, 0.2) is 4.99 Å². The van der Waals surface area contributed by atoms with Crippen LogP contribution in [0.3, 0.4) is 0 Å². The Morgan fingerprint density at radius 1 is 1.27 bits per heavy atom. The van der Waals surface area contributed by atoms with Crippen LogP contribution in [0.4, 0.5) is 0 Å². The summed E-state index contributed by atoms with van der Waals surface area (Å²) in [4.78, 5) is 21.0. The highest BCUT2D eigenvalue weighted by Crippen LogP contribution is 2.17. The van der Waals surface area contributed by atoms with E-state index in [1.165, 1.54) is 32.5 Å². The zero-order valence-corrected chi connectivity index (χ0v) is 17.1. The molecule has 0 saturated carbocycles. The quantitative estimate of drug-likeness (QED) is 0.372. The number of nitrogens with zero attached hydrogens (tertiary/aromatic N) is 3. The first-order chi connectivity index (χ1) is 12.6. The SMILES string of the molecule is CCNC(=NCC1CCCN(CC(C)C)C1)NCCCN1CCCC1=O. The van der Waals surface area contributed by atoms with Crippen molar-refractivity contribution in [2.75, 3.05) is 52.4 Å². The minimum Gasteiger partial charge on any atom is -0.357 e. The van der Waals surface area contributed by atoms with Gasteiger partial charge in [0.2, 0.25) is 5.91 Å². The van der Waals surface area contributed by atoms with Gasteiger partial charge in [0.25, 0.3) is 0 Å². The molecule has 1 atom stereocenters. The summed E-state index contributed by atoms with van der Waals surface area (Å²) in [5.41, 5.74) is 0. The summed E-state index contributed by atoms with van der Waals surface area (Å²) in [5, 5.41) is 6.78. The molecule has 6 heteroatoms. The van der Waals surface area contributed by atoms with Crippen molar-refractivity contribution in [3.63, 3.8) is 0 Å². The molecule has 0 aromatic carbocycles. The molecule has 2 fully saturated rings. The topological polar surface area (TPSA) is 60.0 Å². The molecule has 1 unspecified atom stereocenters. The summed E-state index contributed by atoms with van der Waals surface area (Å²) in [6, 6.07) is 0. The number of likely N-dealkylation sites (tertiary alicyclic amines) is 2. The molecule has 150 valence electrons. The second-order valence-electron chi connectivity index (χ2n) is 8.15. The van der Waals surface area contributed by atoms with Gasteiger partial charge in [-0.2, -0.15) is 0 Å². The minimum atomic E-state index is 0.314. The van der Waals surface area contributed by atoms with Crippen LogP contribution in [-0.4, -0.2) is 74.0 Å². The summed E-state index contributed by atoms with van der Waals surface area (Å²) in [6.07, 6.45) is 5.30. The average Bonchev–Trinajstić information content (AvgIpc) is 3.01. The highest BCUT2D eigenvalue weighted by molar-refractivity contribution is 5.79. The van der Waals surface area contributed by atoms with Crippen molar-refractivity contribution >= 4 is 11.9 Å². The standard InChI is InChI=1S/C20H39N5O/c1-4-21-20(22-10-7-13-25-12-6-9-19(25)26)23-14-18-8-5-11-24(16-18)15-17(2)3/h17-18H,4-16H2,1-3H3,(H2,21,22,23). The molecule has 2 rings (SSSR count). The van der Waals surface area contributed by atoms with Gasteiger partial charge in [-0.3, -0.25) is 9.79 Å². The fourth-order valence-corrected chi connectivity index (χ4v) is 3.96. The maximum Gasteiger partial charge on any atom is 0.222 e. The zero-order chi connectivity index (χ0) is 18.8. The molecule has 6 nitrogen and oxygen atoms in total. The highest BCUT2D eigenvalue weighted by Gasteiger charge is 2.20. The van der Waals surface area contributed by atoms with E-state index in [1.54, 1.807) is 0 Å². The molecular weight excluding hydrogens is 326 g/mol. The number of amides is 1. The van der Waals surface area contributed by atoms with Crippen molar-refractivity contribution in [1.82, 2.24) is 20.4 Å². The number of piperidine rings is 1. The maximum absolute atomic E-state index is 11.6. The van der Waals surface area contributed by atoms with E-state index in [-0.39, 0.29) is 0 Å². The normalized spacial score (nSPS) is 22.3. The van der Waals surface area contributed by atoms with Crippen molar-refractivity contribution < 1.29 is 4.79 Å². The molecule has 2 aliphatic rings. The predicted molar refractivity (Wildman–Crippen MR) is 108 cm³/mol. The van der Waals surface area contributed by atoms with Gasteiger partial charge in [0.05, 0.1) is 0 Å². The van der Waals surface area contributed by atoms with Gasteiger partial charge < -0.3 is 20.4 Å². The van der Waals surface area contributed by atoms with E-state index < -0.39 is 0 Å². The lowest BCUT2D eigenvalue weighted by Crippen LogP contribution is -2.41. The molecule has 0 aliphatic carbocycles. The van der Waals surface area contributed by atoms with Gasteiger partial charge in [-0.25, -0.2) is 0 Å². The Morgan fingerprint density at radius 3 is 2.81 bits per heavy atom. The van der Waals surface area contributed by atoms with Crippen molar-refractivity contribution in [2.45, 2.75) is 52.9 Å². The molecule has 1 amide bonds. The van der Waals surface area contributed by atoms with Crippen LogP contribution in [0.5, 0.6) is 0 Å². The summed E-state index contributed by atoms with van der Waals surface area (Å²) < 4.78 is 0. The van der Waals surface area contributed by atoms with Crippen LogP contribution in [0.1, 0.15) is 52.9 Å². The van der Waals surface area contributed by atoms with E-state index in [2.05, 4.69) is 36.3 Å². The third-order valence-corrected chi connectivity index (χ3v) is 5.15. The molecule has 0 bridgehead atoms. The third-order valence-electron chi connectivity index (χ3n) is 5.15. The number of rotatable bonds is 9. The van der Waals surface area contributed by atoms with Gasteiger partial charge in [0, 0.05) is 52.2 Å².